The van der Waals surface area contributed by atoms with E-state index >= 15 is 0 Å². The number of nitrogens with one attached hydrogen (secondary N) is 1. The van der Waals surface area contributed by atoms with Crippen LogP contribution in [0.3, 0.4) is 0 Å². The summed E-state index contributed by atoms with van der Waals surface area (Å²) in [5, 5.41) is 3.47. The van der Waals surface area contributed by atoms with E-state index < -0.39 is 0 Å². The summed E-state index contributed by atoms with van der Waals surface area (Å²) in [6.45, 7) is 4.95. The molecule has 1 aromatic rings. The van der Waals surface area contributed by atoms with E-state index in [0.29, 0.717) is 17.1 Å². The molecule has 1 fully saturated rings. The van der Waals surface area contributed by atoms with Gasteiger partial charge in [-0.15, -0.1) is 0 Å². The smallest absolute Gasteiger partial charge is 0.217 e. The fourth-order valence-corrected chi connectivity index (χ4v) is 2.78. The average molecular weight is 295 g/mol. The van der Waals surface area contributed by atoms with Crippen LogP contribution in [0.2, 0.25) is 5.02 Å². The largest absolute Gasteiger partial charge is 0.352 e. The number of ketones is 1. The third-order valence-electron chi connectivity index (χ3n) is 3.66. The van der Waals surface area contributed by atoms with Gasteiger partial charge in [-0.25, -0.2) is 0 Å². The Balaban J connectivity index is 2.00. The summed E-state index contributed by atoms with van der Waals surface area (Å²) in [4.78, 5) is 25.6. The molecule has 2 atom stereocenters. The average Bonchev–Trinajstić information content (AvgIpc) is 2.84. The van der Waals surface area contributed by atoms with Crippen molar-refractivity contribution < 1.29 is 9.59 Å². The van der Waals surface area contributed by atoms with Gasteiger partial charge in [-0.2, -0.15) is 0 Å². The second-order valence-corrected chi connectivity index (χ2v) is 5.67. The highest BCUT2D eigenvalue weighted by molar-refractivity contribution is 6.31. The molecule has 2 unspecified atom stereocenters. The molecule has 0 spiro atoms. The van der Waals surface area contributed by atoms with Crippen molar-refractivity contribution in [1.29, 1.82) is 0 Å². The Kier molecular flexibility index (Phi) is 4.78. The molecule has 0 aliphatic carbocycles. The molecular weight excluding hydrogens is 276 g/mol. The molecule has 0 bridgehead atoms. The van der Waals surface area contributed by atoms with Gasteiger partial charge in [0.2, 0.25) is 5.91 Å². The van der Waals surface area contributed by atoms with Gasteiger partial charge in [0.1, 0.15) is 0 Å². The van der Waals surface area contributed by atoms with Crippen LogP contribution in [0.1, 0.15) is 30.6 Å². The maximum Gasteiger partial charge on any atom is 0.217 e. The number of rotatable bonds is 4. The third-order valence-corrected chi connectivity index (χ3v) is 3.90. The standard InChI is InChI=1S/C15H19ClN2O2/c1-10(15(20)12-4-3-5-13(16)8-12)18-7-6-14(9-18)17-11(2)19/h3-5,8,10,14H,6-7,9H2,1-2H3,(H,17,19). The van der Waals surface area contributed by atoms with Crippen molar-refractivity contribution in [2.24, 2.45) is 0 Å². The van der Waals surface area contributed by atoms with Crippen molar-refractivity contribution in [3.05, 3.63) is 34.9 Å². The maximum absolute atomic E-state index is 12.4. The normalized spacial score (nSPS) is 20.6. The van der Waals surface area contributed by atoms with Crippen molar-refractivity contribution in [3.63, 3.8) is 0 Å². The SMILES string of the molecule is CC(=O)NC1CCN(C(C)C(=O)c2cccc(Cl)c2)C1. The molecule has 1 heterocycles. The van der Waals surface area contributed by atoms with Gasteiger partial charge >= 0.3 is 0 Å². The molecule has 5 heteroatoms. The van der Waals surface area contributed by atoms with Gasteiger partial charge in [0.15, 0.2) is 5.78 Å². The minimum Gasteiger partial charge on any atom is -0.352 e. The Morgan fingerprint density at radius 3 is 2.85 bits per heavy atom. The number of nitrogens with zero attached hydrogens (tertiary/aromatic N) is 1. The summed E-state index contributed by atoms with van der Waals surface area (Å²) >= 11 is 5.92. The first-order valence-corrected chi connectivity index (χ1v) is 7.16. The van der Waals surface area contributed by atoms with Crippen molar-refractivity contribution in [1.82, 2.24) is 10.2 Å². The number of hydrogen-bond donors (Lipinski definition) is 1. The zero-order valence-electron chi connectivity index (χ0n) is 11.7. The number of benzene rings is 1. The van der Waals surface area contributed by atoms with Crippen LogP contribution in [0.15, 0.2) is 24.3 Å². The third kappa shape index (κ3) is 3.58. The van der Waals surface area contributed by atoms with Crippen LogP contribution in [0, 0.1) is 0 Å². The van der Waals surface area contributed by atoms with Gasteiger partial charge in [0.25, 0.3) is 0 Å². The Labute approximate surface area is 124 Å². The summed E-state index contributed by atoms with van der Waals surface area (Å²) in [5.41, 5.74) is 0.632. The lowest BCUT2D eigenvalue weighted by Gasteiger charge is -2.23. The van der Waals surface area contributed by atoms with Crippen LogP contribution < -0.4 is 5.32 Å². The number of hydrogen-bond acceptors (Lipinski definition) is 3. The number of Topliss-reactive ketones (excluding diaryl/α,β-unsaturated/α-hetero) is 1. The van der Waals surface area contributed by atoms with Gasteiger partial charge < -0.3 is 5.32 Å². The number of halogens is 1. The summed E-state index contributed by atoms with van der Waals surface area (Å²) in [6, 6.07) is 6.96. The van der Waals surface area contributed by atoms with E-state index in [4.69, 9.17) is 11.6 Å². The lowest BCUT2D eigenvalue weighted by atomic mass is 10.0. The Morgan fingerprint density at radius 1 is 1.45 bits per heavy atom. The second kappa shape index (κ2) is 6.37. The van der Waals surface area contributed by atoms with Crippen LogP contribution in [0.25, 0.3) is 0 Å². The minimum absolute atomic E-state index is 0.0225. The molecule has 0 saturated carbocycles. The summed E-state index contributed by atoms with van der Waals surface area (Å²) in [5.74, 6) is 0.0432. The van der Waals surface area contributed by atoms with E-state index in [1.165, 1.54) is 6.92 Å². The van der Waals surface area contributed by atoms with Crippen molar-refractivity contribution in [2.75, 3.05) is 13.1 Å². The topological polar surface area (TPSA) is 49.4 Å². The second-order valence-electron chi connectivity index (χ2n) is 5.23. The highest BCUT2D eigenvalue weighted by Gasteiger charge is 2.30. The minimum atomic E-state index is -0.202. The molecule has 2 rings (SSSR count). The molecule has 108 valence electrons. The van der Waals surface area contributed by atoms with Gasteiger partial charge in [0, 0.05) is 36.6 Å². The highest BCUT2D eigenvalue weighted by Crippen LogP contribution is 2.18. The molecular formula is C15H19ClN2O2. The highest BCUT2D eigenvalue weighted by atomic mass is 35.5. The molecule has 1 amide bonds. The van der Waals surface area contributed by atoms with Crippen LogP contribution in [0.4, 0.5) is 0 Å². The van der Waals surface area contributed by atoms with Gasteiger partial charge in [0.05, 0.1) is 6.04 Å². The van der Waals surface area contributed by atoms with E-state index in [2.05, 4.69) is 10.2 Å². The Bertz CT molecular complexity index is 518. The van der Waals surface area contributed by atoms with Crippen LogP contribution >= 0.6 is 11.6 Å². The van der Waals surface area contributed by atoms with E-state index in [1.54, 1.807) is 24.3 Å². The molecule has 1 aliphatic heterocycles. The molecule has 20 heavy (non-hydrogen) atoms. The van der Waals surface area contributed by atoms with Crippen molar-refractivity contribution in [2.45, 2.75) is 32.4 Å². The van der Waals surface area contributed by atoms with Gasteiger partial charge in [-0.1, -0.05) is 23.7 Å². The summed E-state index contributed by atoms with van der Waals surface area (Å²) in [7, 11) is 0. The predicted molar refractivity (Wildman–Crippen MR) is 79.0 cm³/mol. The fourth-order valence-electron chi connectivity index (χ4n) is 2.59. The Hall–Kier alpha value is -1.39. The zero-order valence-corrected chi connectivity index (χ0v) is 12.5. The quantitative estimate of drug-likeness (QED) is 0.866. The first-order chi connectivity index (χ1) is 9.47. The van der Waals surface area contributed by atoms with Gasteiger partial charge in [-0.05, 0) is 25.5 Å². The fraction of sp³-hybridized carbons (Fsp3) is 0.467. The molecule has 1 N–H and O–H groups in total. The van der Waals surface area contributed by atoms with E-state index in [1.807, 2.05) is 6.92 Å². The lowest BCUT2D eigenvalue weighted by molar-refractivity contribution is -0.119. The molecule has 0 radical (unpaired) electrons. The molecule has 4 nitrogen and oxygen atoms in total. The molecule has 0 aromatic heterocycles. The molecule has 1 saturated heterocycles. The van der Waals surface area contributed by atoms with E-state index in [-0.39, 0.29) is 23.8 Å². The number of likely N-dealkylation sites (tertiary alicyclic amines) is 1. The van der Waals surface area contributed by atoms with E-state index in [0.717, 1.165) is 13.0 Å². The van der Waals surface area contributed by atoms with Crippen LogP contribution in [-0.2, 0) is 4.79 Å². The summed E-state index contributed by atoms with van der Waals surface area (Å²) in [6.07, 6.45) is 0.882. The first-order valence-electron chi connectivity index (χ1n) is 6.78. The first kappa shape index (κ1) is 15.0. The van der Waals surface area contributed by atoms with Crippen LogP contribution in [-0.4, -0.2) is 41.8 Å². The maximum atomic E-state index is 12.4. The number of amides is 1. The van der Waals surface area contributed by atoms with Crippen LogP contribution in [0.5, 0.6) is 0 Å². The lowest BCUT2D eigenvalue weighted by Crippen LogP contribution is -2.41. The van der Waals surface area contributed by atoms with Gasteiger partial charge in [-0.3, -0.25) is 14.5 Å². The molecule has 1 aromatic carbocycles. The monoisotopic (exact) mass is 294 g/mol. The number of carbonyl (C=O) groups is 2. The van der Waals surface area contributed by atoms with Crippen molar-refractivity contribution in [3.8, 4) is 0 Å². The Morgan fingerprint density at radius 2 is 2.20 bits per heavy atom. The van der Waals surface area contributed by atoms with E-state index in [9.17, 15) is 9.59 Å². The summed E-state index contributed by atoms with van der Waals surface area (Å²) < 4.78 is 0. The molecule has 1 aliphatic rings. The zero-order chi connectivity index (χ0) is 14.7. The number of carbonyl (C=O) groups excluding carboxylic acids is 2. The van der Waals surface area contributed by atoms with Crippen molar-refractivity contribution >= 4 is 23.3 Å². The predicted octanol–water partition coefficient (Wildman–Crippen LogP) is 2.12.